The molecule has 0 aliphatic heterocycles. The van der Waals surface area contributed by atoms with Crippen molar-refractivity contribution in [2.75, 3.05) is 0 Å². The van der Waals surface area contributed by atoms with Crippen molar-refractivity contribution in [3.8, 4) is 22.5 Å². The van der Waals surface area contributed by atoms with Crippen molar-refractivity contribution >= 4 is 43.6 Å². The number of para-hydroxylation sites is 3. The van der Waals surface area contributed by atoms with Crippen LogP contribution in [0.1, 0.15) is 25.0 Å². The van der Waals surface area contributed by atoms with Crippen LogP contribution in [0.25, 0.3) is 66.1 Å². The highest BCUT2D eigenvalue weighted by Crippen LogP contribution is 2.52. The topological polar surface area (TPSA) is 9.86 Å². The Labute approximate surface area is 238 Å². The molecule has 0 saturated heterocycles. The first kappa shape index (κ1) is 22.7. The SMILES string of the molecule is CC1(C)c2ccccc2-c2c(-n3c4ccccc4c4c3ccc3c5ccccc5n(-c5ccccc5)c34)cccc21. The number of aromatic nitrogens is 2. The summed E-state index contributed by atoms with van der Waals surface area (Å²) < 4.78 is 4.96. The lowest BCUT2D eigenvalue weighted by atomic mass is 9.82. The molecule has 41 heavy (non-hydrogen) atoms. The van der Waals surface area contributed by atoms with Crippen molar-refractivity contribution in [3.05, 3.63) is 145 Å². The van der Waals surface area contributed by atoms with E-state index in [0.29, 0.717) is 0 Å². The second kappa shape index (κ2) is 7.99. The summed E-state index contributed by atoms with van der Waals surface area (Å²) in [4.78, 5) is 0. The quantitative estimate of drug-likeness (QED) is 0.213. The minimum Gasteiger partial charge on any atom is -0.309 e. The molecule has 8 aromatic rings. The molecule has 194 valence electrons. The summed E-state index contributed by atoms with van der Waals surface area (Å²) in [5.74, 6) is 0. The third-order valence-corrected chi connectivity index (χ3v) is 9.31. The zero-order valence-electron chi connectivity index (χ0n) is 23.1. The lowest BCUT2D eigenvalue weighted by molar-refractivity contribution is 0.660. The summed E-state index contributed by atoms with van der Waals surface area (Å²) in [6.45, 7) is 4.71. The van der Waals surface area contributed by atoms with E-state index in [1.165, 1.54) is 77.2 Å². The molecule has 0 unspecified atom stereocenters. The zero-order valence-corrected chi connectivity index (χ0v) is 23.1. The van der Waals surface area contributed by atoms with E-state index in [1.54, 1.807) is 0 Å². The third-order valence-electron chi connectivity index (χ3n) is 9.31. The molecule has 0 fully saturated rings. The van der Waals surface area contributed by atoms with Gasteiger partial charge in [0.05, 0.1) is 27.8 Å². The van der Waals surface area contributed by atoms with Gasteiger partial charge < -0.3 is 9.13 Å². The van der Waals surface area contributed by atoms with Crippen molar-refractivity contribution in [3.63, 3.8) is 0 Å². The Kier molecular flexibility index (Phi) is 4.42. The largest absolute Gasteiger partial charge is 0.309 e. The maximum absolute atomic E-state index is 2.51. The average Bonchev–Trinajstić information content (AvgIpc) is 3.61. The molecule has 1 aliphatic rings. The van der Waals surface area contributed by atoms with Crippen LogP contribution >= 0.6 is 0 Å². The van der Waals surface area contributed by atoms with Crippen LogP contribution in [0.15, 0.2) is 133 Å². The van der Waals surface area contributed by atoms with Crippen LogP contribution in [0.2, 0.25) is 0 Å². The predicted octanol–water partition coefficient (Wildman–Crippen LogP) is 10.2. The molecule has 0 N–H and O–H groups in total. The van der Waals surface area contributed by atoms with Crippen molar-refractivity contribution in [1.29, 1.82) is 0 Å². The van der Waals surface area contributed by atoms with Gasteiger partial charge in [-0.2, -0.15) is 0 Å². The molecule has 2 aromatic heterocycles. The van der Waals surface area contributed by atoms with Crippen LogP contribution in [0.5, 0.6) is 0 Å². The second-order valence-electron chi connectivity index (χ2n) is 11.8. The number of benzene rings is 6. The summed E-state index contributed by atoms with van der Waals surface area (Å²) in [5, 5.41) is 5.13. The van der Waals surface area contributed by atoms with E-state index >= 15 is 0 Å². The van der Waals surface area contributed by atoms with Crippen LogP contribution in [-0.2, 0) is 5.41 Å². The maximum Gasteiger partial charge on any atom is 0.0641 e. The number of fused-ring (bicyclic) bond motifs is 10. The molecule has 2 heteroatoms. The monoisotopic (exact) mass is 524 g/mol. The maximum atomic E-state index is 2.51. The molecule has 1 aliphatic carbocycles. The van der Waals surface area contributed by atoms with Crippen molar-refractivity contribution in [2.24, 2.45) is 0 Å². The lowest BCUT2D eigenvalue weighted by Gasteiger charge is -2.21. The van der Waals surface area contributed by atoms with Gasteiger partial charge in [0.25, 0.3) is 0 Å². The first-order valence-electron chi connectivity index (χ1n) is 14.4. The Morgan fingerprint density at radius 2 is 1.12 bits per heavy atom. The van der Waals surface area contributed by atoms with Crippen LogP contribution in [0.4, 0.5) is 0 Å². The van der Waals surface area contributed by atoms with Gasteiger partial charge >= 0.3 is 0 Å². The van der Waals surface area contributed by atoms with Gasteiger partial charge in [-0.3, -0.25) is 0 Å². The first-order chi connectivity index (χ1) is 20.1. The van der Waals surface area contributed by atoms with Crippen LogP contribution in [-0.4, -0.2) is 9.13 Å². The van der Waals surface area contributed by atoms with Gasteiger partial charge in [-0.15, -0.1) is 0 Å². The molecule has 0 bridgehead atoms. The van der Waals surface area contributed by atoms with E-state index in [-0.39, 0.29) is 5.41 Å². The molecule has 2 heterocycles. The summed E-state index contributed by atoms with van der Waals surface area (Å²) in [6, 6.07) is 49.0. The van der Waals surface area contributed by atoms with Crippen LogP contribution < -0.4 is 0 Å². The fourth-order valence-electron chi connectivity index (χ4n) is 7.53. The van der Waals surface area contributed by atoms with Gasteiger partial charge in [0.2, 0.25) is 0 Å². The Morgan fingerprint density at radius 3 is 1.95 bits per heavy atom. The number of nitrogens with zero attached hydrogens (tertiary/aromatic N) is 2. The average molecular weight is 525 g/mol. The van der Waals surface area contributed by atoms with Gasteiger partial charge in [0, 0.05) is 38.2 Å². The van der Waals surface area contributed by atoms with E-state index in [9.17, 15) is 0 Å². The summed E-state index contributed by atoms with van der Waals surface area (Å²) in [5.41, 5.74) is 12.8. The summed E-state index contributed by atoms with van der Waals surface area (Å²) in [7, 11) is 0. The van der Waals surface area contributed by atoms with Crippen molar-refractivity contribution in [1.82, 2.24) is 9.13 Å². The highest BCUT2D eigenvalue weighted by molar-refractivity contribution is 6.26. The molecule has 0 saturated carbocycles. The fraction of sp³-hybridized carbons (Fsp3) is 0.0769. The van der Waals surface area contributed by atoms with Crippen LogP contribution in [0.3, 0.4) is 0 Å². The summed E-state index contributed by atoms with van der Waals surface area (Å²) >= 11 is 0. The third kappa shape index (κ3) is 2.87. The first-order valence-corrected chi connectivity index (χ1v) is 14.4. The minimum absolute atomic E-state index is 0.0479. The van der Waals surface area contributed by atoms with Gasteiger partial charge in [0.15, 0.2) is 0 Å². The molecule has 9 rings (SSSR count). The fourth-order valence-corrected chi connectivity index (χ4v) is 7.53. The standard InChI is InChI=1S/C39H28N2/c1-39(2)30-18-9-6-16-28(30)36-31(39)19-12-22-34(36)41-33-21-11-8-17-29(33)37-35(41)24-23-27-26-15-7-10-20-32(26)40(38(27)37)25-13-4-3-5-14-25/h3-24H,1-2H3. The van der Waals surface area contributed by atoms with E-state index in [4.69, 9.17) is 0 Å². The molecule has 0 amide bonds. The van der Waals surface area contributed by atoms with Gasteiger partial charge in [0.1, 0.15) is 0 Å². The highest BCUT2D eigenvalue weighted by atomic mass is 15.0. The molecular weight excluding hydrogens is 496 g/mol. The molecule has 2 nitrogen and oxygen atoms in total. The Balaban J connectivity index is 1.49. The lowest BCUT2D eigenvalue weighted by Crippen LogP contribution is -2.14. The van der Waals surface area contributed by atoms with Gasteiger partial charge in [-0.25, -0.2) is 0 Å². The number of rotatable bonds is 2. The Hall–Kier alpha value is -5.08. The zero-order chi connectivity index (χ0) is 27.3. The summed E-state index contributed by atoms with van der Waals surface area (Å²) in [6.07, 6.45) is 0. The van der Waals surface area contributed by atoms with Gasteiger partial charge in [-0.05, 0) is 53.1 Å². The molecule has 0 atom stereocenters. The van der Waals surface area contributed by atoms with Crippen molar-refractivity contribution in [2.45, 2.75) is 19.3 Å². The van der Waals surface area contributed by atoms with Crippen molar-refractivity contribution < 1.29 is 0 Å². The van der Waals surface area contributed by atoms with Gasteiger partial charge in [-0.1, -0.05) is 111 Å². The molecular formula is C39H28N2. The second-order valence-corrected chi connectivity index (χ2v) is 11.8. The van der Waals surface area contributed by atoms with Crippen LogP contribution in [0, 0.1) is 0 Å². The predicted molar refractivity (Wildman–Crippen MR) is 173 cm³/mol. The molecule has 6 aromatic carbocycles. The Bertz CT molecular complexity index is 2330. The number of hydrogen-bond donors (Lipinski definition) is 0. The van der Waals surface area contributed by atoms with E-state index in [2.05, 4.69) is 156 Å². The van der Waals surface area contributed by atoms with E-state index in [1.807, 2.05) is 0 Å². The molecule has 0 spiro atoms. The van der Waals surface area contributed by atoms with E-state index < -0.39 is 0 Å². The Morgan fingerprint density at radius 1 is 0.463 bits per heavy atom. The highest BCUT2D eigenvalue weighted by Gasteiger charge is 2.37. The number of hydrogen-bond acceptors (Lipinski definition) is 0. The normalized spacial score (nSPS) is 13.8. The molecule has 0 radical (unpaired) electrons. The minimum atomic E-state index is -0.0479. The van der Waals surface area contributed by atoms with E-state index in [0.717, 1.165) is 0 Å². The smallest absolute Gasteiger partial charge is 0.0641 e.